The van der Waals surface area contributed by atoms with E-state index in [1.807, 2.05) is 12.1 Å². The van der Waals surface area contributed by atoms with Crippen LogP contribution in [0.3, 0.4) is 0 Å². The normalized spacial score (nSPS) is 25.4. The second kappa shape index (κ2) is 10.4. The number of hydrogen-bond acceptors (Lipinski definition) is 7. The zero-order chi connectivity index (χ0) is 32.5. The first-order valence-corrected chi connectivity index (χ1v) is 15.6. The largest absolute Gasteiger partial charge is 0.392 e. The molecule has 2 aliphatic heterocycles. The van der Waals surface area contributed by atoms with Crippen molar-refractivity contribution in [1.29, 1.82) is 0 Å². The number of amides is 4. The summed E-state index contributed by atoms with van der Waals surface area (Å²) in [4.78, 5) is 83.2. The molecule has 2 heterocycles. The van der Waals surface area contributed by atoms with Crippen LogP contribution in [0.25, 0.3) is 0 Å². The number of carbonyl (C=O) groups is 6. The van der Waals surface area contributed by atoms with Crippen molar-refractivity contribution in [3.05, 3.63) is 143 Å². The summed E-state index contributed by atoms with van der Waals surface area (Å²) in [5.41, 5.74) is 0.0761. The summed E-state index contributed by atoms with van der Waals surface area (Å²) < 4.78 is 5.78. The Kier molecular flexibility index (Phi) is 6.37. The van der Waals surface area contributed by atoms with Crippen molar-refractivity contribution in [3.8, 4) is 0 Å². The Morgan fingerprint density at radius 1 is 0.511 bits per heavy atom. The molecule has 0 spiro atoms. The zero-order valence-corrected chi connectivity index (χ0v) is 25.1. The molecule has 0 radical (unpaired) electrons. The number of ether oxygens (including phenoxy) is 1. The van der Waals surface area contributed by atoms with Gasteiger partial charge in [-0.25, -0.2) is 0 Å². The molecule has 0 aromatic heterocycles. The van der Waals surface area contributed by atoms with E-state index in [4.69, 9.17) is 4.74 Å². The Hall–Kier alpha value is -5.70. The van der Waals surface area contributed by atoms with Gasteiger partial charge >= 0.3 is 11.9 Å². The van der Waals surface area contributed by atoms with Gasteiger partial charge in [0.15, 0.2) is 0 Å². The zero-order valence-electron chi connectivity index (χ0n) is 25.1. The molecule has 0 saturated heterocycles. The number of carbonyl (C=O) groups excluding carboxylic acids is 6. The fourth-order valence-electron chi connectivity index (χ4n) is 7.53. The Morgan fingerprint density at radius 2 is 0.809 bits per heavy atom. The smallest absolute Gasteiger partial charge is 0.324 e. The van der Waals surface area contributed by atoms with E-state index < -0.39 is 58.2 Å². The predicted octanol–water partition coefficient (Wildman–Crippen LogP) is 4.56. The molecule has 4 aliphatic rings. The first-order chi connectivity index (χ1) is 22.8. The van der Waals surface area contributed by atoms with E-state index >= 15 is 0 Å². The predicted molar refractivity (Wildman–Crippen MR) is 167 cm³/mol. The fourth-order valence-corrected chi connectivity index (χ4v) is 7.53. The van der Waals surface area contributed by atoms with Gasteiger partial charge in [-0.3, -0.25) is 38.6 Å². The van der Waals surface area contributed by atoms with Crippen molar-refractivity contribution in [2.75, 3.05) is 13.1 Å². The average Bonchev–Trinajstić information content (AvgIpc) is 4.00. The lowest BCUT2D eigenvalue weighted by Crippen LogP contribution is -2.39. The van der Waals surface area contributed by atoms with Gasteiger partial charge in [0.2, 0.25) is 0 Å². The molecule has 4 aromatic rings. The minimum atomic E-state index is -1.24. The second-order valence-corrected chi connectivity index (χ2v) is 12.7. The number of esters is 2. The molecular weight excluding hydrogens is 596 g/mol. The highest BCUT2D eigenvalue weighted by Crippen LogP contribution is 2.59. The molecule has 9 nitrogen and oxygen atoms in total. The van der Waals surface area contributed by atoms with Crippen LogP contribution in [-0.2, 0) is 25.2 Å². The molecule has 4 atom stereocenters. The van der Waals surface area contributed by atoms with Gasteiger partial charge in [0.05, 0.1) is 33.1 Å². The van der Waals surface area contributed by atoms with Crippen molar-refractivity contribution >= 4 is 35.6 Å². The highest BCUT2D eigenvalue weighted by atomic mass is 16.6. The van der Waals surface area contributed by atoms with Gasteiger partial charge in [-0.1, -0.05) is 84.9 Å². The van der Waals surface area contributed by atoms with Crippen LogP contribution >= 0.6 is 0 Å². The number of benzene rings is 4. The summed E-state index contributed by atoms with van der Waals surface area (Å²) in [5.74, 6) is -4.10. The quantitative estimate of drug-likeness (QED) is 0.160. The number of imide groups is 2. The summed E-state index contributed by atoms with van der Waals surface area (Å²) in [6, 6.07) is 31.1. The molecule has 8 rings (SSSR count). The van der Waals surface area contributed by atoms with Gasteiger partial charge in [-0.15, -0.1) is 0 Å². The van der Waals surface area contributed by atoms with Crippen LogP contribution in [0.1, 0.15) is 65.4 Å². The average molecular weight is 625 g/mol. The molecule has 232 valence electrons. The first kappa shape index (κ1) is 28.8. The Morgan fingerprint density at radius 3 is 1.13 bits per heavy atom. The molecule has 4 aromatic carbocycles. The fraction of sp³-hybridized carbons (Fsp3) is 0.211. The van der Waals surface area contributed by atoms with Crippen molar-refractivity contribution in [2.24, 2.45) is 11.8 Å². The van der Waals surface area contributed by atoms with E-state index in [0.29, 0.717) is 33.4 Å². The van der Waals surface area contributed by atoms with Crippen LogP contribution in [0.5, 0.6) is 0 Å². The molecular formula is C38H28N2O7. The van der Waals surface area contributed by atoms with Crippen molar-refractivity contribution < 1.29 is 33.5 Å². The van der Waals surface area contributed by atoms with Crippen molar-refractivity contribution in [2.45, 2.75) is 23.7 Å². The lowest BCUT2D eigenvalue weighted by molar-refractivity contribution is -0.164. The molecule has 0 bridgehead atoms. The standard InChI is InChI=1S/C38H28N2O7/c41-31-27-15-7-8-16-28(27)32(42)39(31)21-25-19-37(25,23-11-3-1-4-12-23)35(45)47-36(46)38(24-13-5-2-6-14-24)20-26(38)22-40-33(43)29-17-9-10-18-30(29)34(40)44/h1-18,25-26H,19-22H2/t25-,26-,37-,38+/m1/s1. The van der Waals surface area contributed by atoms with Crippen LogP contribution in [0.2, 0.25) is 0 Å². The SMILES string of the molecule is O=C1c2ccccc2C(=O)N1C[C@H]1C[C@]1(C(=O)OC(=O)[C@@]1(c2ccccc2)C[C@@H]1CN1C(=O)c2ccccc2C1=O)c1ccccc1. The maximum Gasteiger partial charge on any atom is 0.324 e. The maximum absolute atomic E-state index is 14.2. The minimum absolute atomic E-state index is 0.00325. The van der Waals surface area contributed by atoms with E-state index in [1.165, 1.54) is 9.80 Å². The molecule has 9 heteroatoms. The summed E-state index contributed by atoms with van der Waals surface area (Å²) >= 11 is 0. The summed E-state index contributed by atoms with van der Waals surface area (Å²) in [6.07, 6.45) is 0.570. The Balaban J connectivity index is 1.06. The third-order valence-corrected chi connectivity index (χ3v) is 10.3. The van der Waals surface area contributed by atoms with Gasteiger partial charge < -0.3 is 4.74 Å². The Bertz CT molecular complexity index is 1810. The van der Waals surface area contributed by atoms with Gasteiger partial charge in [0.1, 0.15) is 0 Å². The van der Waals surface area contributed by atoms with E-state index in [0.717, 1.165) is 0 Å². The lowest BCUT2D eigenvalue weighted by atomic mass is 9.91. The lowest BCUT2D eigenvalue weighted by Gasteiger charge is -2.22. The number of fused-ring (bicyclic) bond motifs is 2. The second-order valence-electron chi connectivity index (χ2n) is 12.7. The van der Waals surface area contributed by atoms with Crippen LogP contribution in [0, 0.1) is 11.8 Å². The number of rotatable bonds is 8. The monoisotopic (exact) mass is 624 g/mol. The topological polar surface area (TPSA) is 118 Å². The van der Waals surface area contributed by atoms with Gasteiger partial charge in [-0.05, 0) is 60.1 Å². The van der Waals surface area contributed by atoms with Crippen LogP contribution < -0.4 is 0 Å². The van der Waals surface area contributed by atoms with Crippen LogP contribution in [0.15, 0.2) is 109 Å². The summed E-state index contributed by atoms with van der Waals surface area (Å²) in [7, 11) is 0. The number of hydrogen-bond donors (Lipinski definition) is 0. The maximum atomic E-state index is 14.2. The molecule has 0 N–H and O–H groups in total. The molecule has 0 unspecified atom stereocenters. The van der Waals surface area contributed by atoms with Crippen LogP contribution in [-0.4, -0.2) is 58.5 Å². The molecule has 2 saturated carbocycles. The van der Waals surface area contributed by atoms with Crippen LogP contribution in [0.4, 0.5) is 0 Å². The summed E-state index contributed by atoms with van der Waals surface area (Å²) in [5, 5.41) is 0. The van der Waals surface area contributed by atoms with Gasteiger partial charge in [-0.2, -0.15) is 0 Å². The molecule has 47 heavy (non-hydrogen) atoms. The van der Waals surface area contributed by atoms with E-state index in [9.17, 15) is 28.8 Å². The van der Waals surface area contributed by atoms with E-state index in [-0.39, 0.29) is 25.9 Å². The van der Waals surface area contributed by atoms with Crippen molar-refractivity contribution in [1.82, 2.24) is 9.80 Å². The molecule has 4 amide bonds. The highest BCUT2D eigenvalue weighted by molar-refractivity contribution is 6.22. The minimum Gasteiger partial charge on any atom is -0.392 e. The molecule has 2 fully saturated rings. The van der Waals surface area contributed by atoms with E-state index in [1.54, 1.807) is 97.1 Å². The number of nitrogens with zero attached hydrogens (tertiary/aromatic N) is 2. The first-order valence-electron chi connectivity index (χ1n) is 15.6. The third-order valence-electron chi connectivity index (χ3n) is 10.3. The highest BCUT2D eigenvalue weighted by Gasteiger charge is 2.67. The van der Waals surface area contributed by atoms with E-state index in [2.05, 4.69) is 0 Å². The van der Waals surface area contributed by atoms with Gasteiger partial charge in [0, 0.05) is 13.1 Å². The van der Waals surface area contributed by atoms with Crippen molar-refractivity contribution in [3.63, 3.8) is 0 Å². The third kappa shape index (κ3) is 4.22. The van der Waals surface area contributed by atoms with Gasteiger partial charge in [0.25, 0.3) is 23.6 Å². The molecule has 2 aliphatic carbocycles. The Labute approximate surface area is 269 Å². The summed E-state index contributed by atoms with van der Waals surface area (Å²) in [6.45, 7) is -0.00649.